The molecule has 0 aliphatic heterocycles. The molecule has 5 heteroatoms. The number of anilines is 1. The number of carbonyl (C=O) groups excluding carboxylic acids is 1. The van der Waals surface area contributed by atoms with Crippen molar-refractivity contribution in [1.82, 2.24) is 5.43 Å². The standard InChI is InChI=1S/C13H21N3OS/c1-10-6-7-12(11(14)9-10)18-8-4-2-3-5-13(17)16-15/h6-7,9H,2-5,8,14-15H2,1H3,(H,16,17). The van der Waals surface area contributed by atoms with E-state index in [0.29, 0.717) is 6.42 Å². The summed E-state index contributed by atoms with van der Waals surface area (Å²) in [5, 5.41) is 0. The summed E-state index contributed by atoms with van der Waals surface area (Å²) in [6, 6.07) is 6.13. The second kappa shape index (κ2) is 8.00. The van der Waals surface area contributed by atoms with Gasteiger partial charge in [0.25, 0.3) is 0 Å². The van der Waals surface area contributed by atoms with Crippen LogP contribution in [0.3, 0.4) is 0 Å². The lowest BCUT2D eigenvalue weighted by Crippen LogP contribution is -2.29. The van der Waals surface area contributed by atoms with Gasteiger partial charge in [0.1, 0.15) is 0 Å². The minimum Gasteiger partial charge on any atom is -0.398 e. The number of nitrogen functional groups attached to an aromatic ring is 1. The first-order valence-electron chi connectivity index (χ1n) is 6.12. The number of amides is 1. The predicted molar refractivity (Wildman–Crippen MR) is 77.1 cm³/mol. The van der Waals surface area contributed by atoms with Crippen molar-refractivity contribution in [3.8, 4) is 0 Å². The molecule has 0 fully saturated rings. The number of thioether (sulfide) groups is 1. The van der Waals surface area contributed by atoms with Crippen molar-refractivity contribution in [2.45, 2.75) is 37.5 Å². The molecule has 0 aromatic heterocycles. The first-order valence-corrected chi connectivity index (χ1v) is 7.10. The highest BCUT2D eigenvalue weighted by atomic mass is 32.2. The molecule has 0 saturated heterocycles. The van der Waals surface area contributed by atoms with Gasteiger partial charge in [0.15, 0.2) is 0 Å². The molecule has 100 valence electrons. The Labute approximate surface area is 112 Å². The van der Waals surface area contributed by atoms with E-state index in [4.69, 9.17) is 11.6 Å². The van der Waals surface area contributed by atoms with Crippen molar-refractivity contribution in [2.24, 2.45) is 5.84 Å². The summed E-state index contributed by atoms with van der Waals surface area (Å²) in [7, 11) is 0. The number of carbonyl (C=O) groups is 1. The Morgan fingerprint density at radius 3 is 2.78 bits per heavy atom. The van der Waals surface area contributed by atoms with Gasteiger partial charge in [-0.1, -0.05) is 12.5 Å². The number of benzene rings is 1. The number of unbranched alkanes of at least 4 members (excludes halogenated alkanes) is 2. The first kappa shape index (κ1) is 14.9. The SMILES string of the molecule is Cc1ccc(SCCCCCC(=O)NN)c(N)c1. The molecule has 0 saturated carbocycles. The van der Waals surface area contributed by atoms with E-state index < -0.39 is 0 Å². The summed E-state index contributed by atoms with van der Waals surface area (Å²) >= 11 is 1.77. The summed E-state index contributed by atoms with van der Waals surface area (Å²) in [5.74, 6) is 5.93. The van der Waals surface area contributed by atoms with Crippen LogP contribution in [0.15, 0.2) is 23.1 Å². The second-order valence-corrected chi connectivity index (χ2v) is 5.40. The van der Waals surface area contributed by atoms with Crippen LogP contribution in [0, 0.1) is 6.92 Å². The largest absolute Gasteiger partial charge is 0.398 e. The molecule has 0 aliphatic carbocycles. The van der Waals surface area contributed by atoms with Gasteiger partial charge in [0.05, 0.1) is 0 Å². The Bertz CT molecular complexity index is 396. The van der Waals surface area contributed by atoms with Crippen molar-refractivity contribution in [3.05, 3.63) is 23.8 Å². The lowest BCUT2D eigenvalue weighted by Gasteiger charge is -2.06. The van der Waals surface area contributed by atoms with Gasteiger partial charge in [-0.2, -0.15) is 0 Å². The Kier molecular flexibility index (Phi) is 6.60. The van der Waals surface area contributed by atoms with E-state index in [1.807, 2.05) is 13.0 Å². The van der Waals surface area contributed by atoms with Gasteiger partial charge < -0.3 is 5.73 Å². The number of nitrogens with two attached hydrogens (primary N) is 2. The van der Waals surface area contributed by atoms with E-state index in [1.165, 1.54) is 5.56 Å². The Hall–Kier alpha value is -1.20. The zero-order chi connectivity index (χ0) is 13.4. The van der Waals surface area contributed by atoms with Crippen molar-refractivity contribution < 1.29 is 4.79 Å². The molecular formula is C13H21N3OS. The summed E-state index contributed by atoms with van der Waals surface area (Å²) in [6.07, 6.45) is 3.50. The van der Waals surface area contributed by atoms with Crippen LogP contribution in [0.1, 0.15) is 31.2 Å². The third kappa shape index (κ3) is 5.42. The van der Waals surface area contributed by atoms with E-state index in [1.54, 1.807) is 11.8 Å². The van der Waals surface area contributed by atoms with E-state index in [-0.39, 0.29) is 5.91 Å². The van der Waals surface area contributed by atoms with E-state index in [2.05, 4.69) is 17.6 Å². The van der Waals surface area contributed by atoms with Crippen molar-refractivity contribution >= 4 is 23.4 Å². The third-order valence-electron chi connectivity index (χ3n) is 2.63. The molecule has 1 aromatic carbocycles. The average Bonchev–Trinajstić information content (AvgIpc) is 2.35. The van der Waals surface area contributed by atoms with Gasteiger partial charge in [0, 0.05) is 17.0 Å². The van der Waals surface area contributed by atoms with Crippen LogP contribution in [0.4, 0.5) is 5.69 Å². The summed E-state index contributed by atoms with van der Waals surface area (Å²) in [4.78, 5) is 12.0. The maximum atomic E-state index is 10.9. The van der Waals surface area contributed by atoms with Crippen LogP contribution in [0.25, 0.3) is 0 Å². The molecule has 1 rings (SSSR count). The van der Waals surface area contributed by atoms with Crippen LogP contribution in [-0.2, 0) is 4.79 Å². The third-order valence-corrected chi connectivity index (χ3v) is 3.81. The topological polar surface area (TPSA) is 81.1 Å². The normalized spacial score (nSPS) is 10.3. The van der Waals surface area contributed by atoms with Gasteiger partial charge in [-0.15, -0.1) is 11.8 Å². The highest BCUT2D eigenvalue weighted by molar-refractivity contribution is 7.99. The van der Waals surface area contributed by atoms with E-state index in [9.17, 15) is 4.79 Å². The van der Waals surface area contributed by atoms with Crippen LogP contribution >= 0.6 is 11.8 Å². The van der Waals surface area contributed by atoms with Crippen LogP contribution in [0.5, 0.6) is 0 Å². The van der Waals surface area contributed by atoms with Gasteiger partial charge in [-0.05, 0) is 43.2 Å². The monoisotopic (exact) mass is 267 g/mol. The number of hydrazine groups is 1. The predicted octanol–water partition coefficient (Wildman–Crippen LogP) is 2.22. The molecule has 0 bridgehead atoms. The van der Waals surface area contributed by atoms with Crippen LogP contribution in [-0.4, -0.2) is 11.7 Å². The van der Waals surface area contributed by atoms with Crippen LogP contribution < -0.4 is 17.0 Å². The van der Waals surface area contributed by atoms with Gasteiger partial charge in [0.2, 0.25) is 5.91 Å². The Morgan fingerprint density at radius 1 is 1.33 bits per heavy atom. The van der Waals surface area contributed by atoms with Crippen molar-refractivity contribution in [2.75, 3.05) is 11.5 Å². The molecule has 0 aliphatic rings. The number of hydrogen-bond acceptors (Lipinski definition) is 4. The fraction of sp³-hybridized carbons (Fsp3) is 0.462. The number of rotatable bonds is 7. The zero-order valence-electron chi connectivity index (χ0n) is 10.7. The molecule has 0 spiro atoms. The fourth-order valence-corrected chi connectivity index (χ4v) is 2.58. The van der Waals surface area contributed by atoms with E-state index in [0.717, 1.165) is 35.6 Å². The molecule has 0 heterocycles. The van der Waals surface area contributed by atoms with E-state index >= 15 is 0 Å². The second-order valence-electron chi connectivity index (χ2n) is 4.27. The number of nitrogens with one attached hydrogen (secondary N) is 1. The molecule has 1 amide bonds. The smallest absolute Gasteiger partial charge is 0.233 e. The molecule has 0 atom stereocenters. The highest BCUT2D eigenvalue weighted by Crippen LogP contribution is 2.26. The van der Waals surface area contributed by atoms with Gasteiger partial charge in [-0.25, -0.2) is 5.84 Å². The molecule has 0 unspecified atom stereocenters. The maximum Gasteiger partial charge on any atom is 0.233 e. The van der Waals surface area contributed by atoms with Crippen molar-refractivity contribution in [1.29, 1.82) is 0 Å². The Morgan fingerprint density at radius 2 is 2.11 bits per heavy atom. The quantitative estimate of drug-likeness (QED) is 0.177. The zero-order valence-corrected chi connectivity index (χ0v) is 11.6. The molecular weight excluding hydrogens is 246 g/mol. The molecule has 5 N–H and O–H groups in total. The van der Waals surface area contributed by atoms with Crippen molar-refractivity contribution in [3.63, 3.8) is 0 Å². The van der Waals surface area contributed by atoms with Crippen LogP contribution in [0.2, 0.25) is 0 Å². The summed E-state index contributed by atoms with van der Waals surface area (Å²) in [6.45, 7) is 2.04. The lowest BCUT2D eigenvalue weighted by atomic mass is 10.2. The number of hydrogen-bond donors (Lipinski definition) is 3. The Balaban J connectivity index is 2.16. The molecule has 1 aromatic rings. The maximum absolute atomic E-state index is 10.9. The summed E-state index contributed by atoms with van der Waals surface area (Å²) in [5.41, 5.74) is 10.1. The minimum atomic E-state index is -0.0922. The fourth-order valence-electron chi connectivity index (χ4n) is 1.62. The first-order chi connectivity index (χ1) is 8.63. The molecule has 0 radical (unpaired) electrons. The highest BCUT2D eigenvalue weighted by Gasteiger charge is 2.01. The van der Waals surface area contributed by atoms with Gasteiger partial charge >= 0.3 is 0 Å². The van der Waals surface area contributed by atoms with Gasteiger partial charge in [-0.3, -0.25) is 10.2 Å². The molecule has 4 nitrogen and oxygen atoms in total. The summed E-state index contributed by atoms with van der Waals surface area (Å²) < 4.78 is 0. The minimum absolute atomic E-state index is 0.0922. The molecule has 18 heavy (non-hydrogen) atoms. The lowest BCUT2D eigenvalue weighted by molar-refractivity contribution is -0.121. The average molecular weight is 267 g/mol. The number of aryl methyl sites for hydroxylation is 1.